The Bertz CT molecular complexity index is 382. The lowest BCUT2D eigenvalue weighted by molar-refractivity contribution is 1.49. The van der Waals surface area contributed by atoms with Crippen molar-refractivity contribution in [1.82, 2.24) is 0 Å². The third-order valence-corrected chi connectivity index (χ3v) is 3.44. The summed E-state index contributed by atoms with van der Waals surface area (Å²) >= 11 is 0. The lowest BCUT2D eigenvalue weighted by atomic mass is 10.2. The van der Waals surface area contributed by atoms with Crippen LogP contribution in [0.2, 0.25) is 0 Å². The Kier molecular flexibility index (Phi) is 3.18. The predicted octanol–water partition coefficient (Wildman–Crippen LogP) is 3.20. The molecule has 76 valence electrons. The summed E-state index contributed by atoms with van der Waals surface area (Å²) in [7, 11) is 1.29. The van der Waals surface area contributed by atoms with Crippen molar-refractivity contribution in [3.05, 3.63) is 59.7 Å². The number of rotatable bonds is 2. The van der Waals surface area contributed by atoms with E-state index >= 15 is 0 Å². The molecule has 0 radical (unpaired) electrons. The molecule has 2 aromatic carbocycles. The number of benzene rings is 2. The summed E-state index contributed by atoms with van der Waals surface area (Å²) in [5.74, 6) is 0. The summed E-state index contributed by atoms with van der Waals surface area (Å²) in [4.78, 5) is 0. The molecular weight excluding hydrogens is 199 g/mol. The highest BCUT2D eigenvalue weighted by molar-refractivity contribution is 7.55. The maximum Gasteiger partial charge on any atom is -0.0398 e. The second-order valence-corrected chi connectivity index (χ2v) is 5.04. The molecule has 0 aliphatic heterocycles. The summed E-state index contributed by atoms with van der Waals surface area (Å²) in [5.41, 5.74) is 2.63. The summed E-state index contributed by atoms with van der Waals surface area (Å²) in [5, 5.41) is 2.70. The Morgan fingerprint density at radius 1 is 0.600 bits per heavy atom. The molecule has 0 atom stereocenters. The van der Waals surface area contributed by atoms with Gasteiger partial charge in [0.1, 0.15) is 0 Å². The fourth-order valence-electron chi connectivity index (χ4n) is 1.39. The molecule has 0 bridgehead atoms. The van der Waals surface area contributed by atoms with Crippen LogP contribution >= 0.6 is 8.58 Å². The van der Waals surface area contributed by atoms with Crippen molar-refractivity contribution in [3.63, 3.8) is 0 Å². The maximum atomic E-state index is 2.19. The van der Waals surface area contributed by atoms with Crippen LogP contribution in [0.25, 0.3) is 0 Å². The van der Waals surface area contributed by atoms with E-state index < -0.39 is 0 Å². The molecule has 0 saturated heterocycles. The highest BCUT2D eigenvalue weighted by Crippen LogP contribution is 2.11. The quantitative estimate of drug-likeness (QED) is 0.672. The van der Waals surface area contributed by atoms with Gasteiger partial charge in [-0.15, -0.1) is 0 Å². The minimum absolute atomic E-state index is 1.29. The molecule has 0 saturated carbocycles. The van der Waals surface area contributed by atoms with Crippen LogP contribution in [0.15, 0.2) is 48.5 Å². The van der Waals surface area contributed by atoms with E-state index in [1.807, 2.05) is 0 Å². The van der Waals surface area contributed by atoms with Crippen molar-refractivity contribution in [1.29, 1.82) is 0 Å². The van der Waals surface area contributed by atoms with Crippen molar-refractivity contribution in [2.24, 2.45) is 0 Å². The molecule has 1 heteroatoms. The number of hydrogen-bond donors (Lipinski definition) is 0. The maximum absolute atomic E-state index is 2.19. The third-order valence-electron chi connectivity index (χ3n) is 2.33. The monoisotopic (exact) mass is 213 g/mol. The van der Waals surface area contributed by atoms with Gasteiger partial charge in [-0.05, 0) is 13.8 Å². The van der Waals surface area contributed by atoms with Gasteiger partial charge in [0.25, 0.3) is 0 Å². The topological polar surface area (TPSA) is 0 Å². The molecule has 15 heavy (non-hydrogen) atoms. The van der Waals surface area contributed by atoms with Gasteiger partial charge >= 0.3 is 0 Å². The van der Waals surface area contributed by atoms with Gasteiger partial charge in [0, 0.05) is 0 Å². The molecule has 0 spiro atoms. The van der Waals surface area contributed by atoms with Gasteiger partial charge in [0.2, 0.25) is 0 Å². The Balaban J connectivity index is 2.15. The van der Waals surface area contributed by atoms with Crippen molar-refractivity contribution in [2.75, 3.05) is 0 Å². The second kappa shape index (κ2) is 4.59. The van der Waals surface area contributed by atoms with E-state index in [1.54, 1.807) is 0 Å². The van der Waals surface area contributed by atoms with Gasteiger partial charge in [-0.2, -0.15) is 0 Å². The van der Waals surface area contributed by atoms with Gasteiger partial charge in [0.05, 0.1) is 0 Å². The van der Waals surface area contributed by atoms with E-state index in [2.05, 4.69) is 62.4 Å². The van der Waals surface area contributed by atoms with Crippen LogP contribution in [0.5, 0.6) is 0 Å². The van der Waals surface area contributed by atoms with Crippen LogP contribution in [-0.2, 0) is 0 Å². The van der Waals surface area contributed by atoms with Gasteiger partial charge in [-0.1, -0.05) is 59.7 Å². The van der Waals surface area contributed by atoms with Gasteiger partial charge in [-0.3, -0.25) is 0 Å². The molecule has 0 fully saturated rings. The van der Waals surface area contributed by atoms with Gasteiger partial charge in [-0.25, -0.2) is 10.6 Å². The summed E-state index contributed by atoms with van der Waals surface area (Å²) in [6, 6.07) is 17.4. The van der Waals surface area contributed by atoms with Crippen LogP contribution in [-0.4, -0.2) is 0 Å². The molecule has 0 amide bonds. The minimum atomic E-state index is 1.29. The molecule has 0 aliphatic carbocycles. The Hall–Kier alpha value is -1.13. The van der Waals surface area contributed by atoms with Crippen molar-refractivity contribution >= 4 is 19.2 Å². The fraction of sp³-hybridized carbons (Fsp3) is 0.143. The lowest BCUT2D eigenvalue weighted by Gasteiger charge is -2.19. The summed E-state index contributed by atoms with van der Waals surface area (Å²) in [6.07, 6.45) is 0. The van der Waals surface area contributed by atoms with Crippen molar-refractivity contribution in [3.8, 4) is 0 Å². The molecule has 0 nitrogen and oxygen atoms in total. The molecule has 0 heterocycles. The fourth-order valence-corrected chi connectivity index (χ4v) is 2.28. The minimum Gasteiger partial charge on any atom is -0.472 e. The zero-order valence-corrected chi connectivity index (χ0v) is 9.96. The zero-order valence-electron chi connectivity index (χ0n) is 9.07. The molecule has 2 aromatic rings. The van der Waals surface area contributed by atoms with Gasteiger partial charge < -0.3 is 8.58 Å². The highest BCUT2D eigenvalue weighted by Gasteiger charge is 1.83. The van der Waals surface area contributed by atoms with E-state index in [0.29, 0.717) is 0 Å². The molecule has 0 aliphatic rings. The van der Waals surface area contributed by atoms with E-state index in [4.69, 9.17) is 0 Å². The third kappa shape index (κ3) is 2.91. The van der Waals surface area contributed by atoms with Crippen LogP contribution in [0.3, 0.4) is 0 Å². The van der Waals surface area contributed by atoms with Crippen LogP contribution in [0.1, 0.15) is 11.1 Å². The van der Waals surface area contributed by atoms with Gasteiger partial charge in [0.15, 0.2) is 0 Å². The van der Waals surface area contributed by atoms with E-state index in [-0.39, 0.29) is 0 Å². The van der Waals surface area contributed by atoms with Crippen LogP contribution < -0.4 is 10.6 Å². The Morgan fingerprint density at radius 3 is 1.27 bits per heavy atom. The molecule has 0 unspecified atom stereocenters. The summed E-state index contributed by atoms with van der Waals surface area (Å²) < 4.78 is 0. The molecule has 2 rings (SSSR count). The highest BCUT2D eigenvalue weighted by atomic mass is 31.1. The first-order valence-electron chi connectivity index (χ1n) is 5.09. The first kappa shape index (κ1) is 10.4. The largest absolute Gasteiger partial charge is 0.472 e. The molecular formula is C14H14P-. The Labute approximate surface area is 93.1 Å². The van der Waals surface area contributed by atoms with Crippen molar-refractivity contribution in [2.45, 2.75) is 13.8 Å². The average Bonchev–Trinajstić information content (AvgIpc) is 2.25. The second-order valence-electron chi connectivity index (χ2n) is 3.78. The Morgan fingerprint density at radius 2 is 0.933 bits per heavy atom. The number of aryl methyl sites for hydroxylation is 2. The standard InChI is InChI=1S/C14H14P/c1-11-3-7-13(8-4-11)15-14-9-5-12(2)6-10-14/h3-10H,1-2H3/q-1. The van der Waals surface area contributed by atoms with E-state index in [9.17, 15) is 0 Å². The summed E-state index contributed by atoms with van der Waals surface area (Å²) in [6.45, 7) is 4.24. The zero-order chi connectivity index (χ0) is 10.7. The normalized spacial score (nSPS) is 10.3. The molecule has 0 N–H and O–H groups in total. The van der Waals surface area contributed by atoms with E-state index in [0.717, 1.165) is 0 Å². The van der Waals surface area contributed by atoms with E-state index in [1.165, 1.54) is 30.3 Å². The van der Waals surface area contributed by atoms with Crippen LogP contribution in [0, 0.1) is 13.8 Å². The first-order valence-corrected chi connectivity index (χ1v) is 5.98. The van der Waals surface area contributed by atoms with Crippen molar-refractivity contribution < 1.29 is 0 Å². The predicted molar refractivity (Wildman–Crippen MR) is 68.5 cm³/mol. The molecule has 0 aromatic heterocycles. The lowest BCUT2D eigenvalue weighted by Crippen LogP contribution is -2.02. The number of hydrogen-bond acceptors (Lipinski definition) is 0. The first-order chi connectivity index (χ1) is 7.24. The van der Waals surface area contributed by atoms with Crippen LogP contribution in [0.4, 0.5) is 0 Å². The average molecular weight is 213 g/mol. The smallest absolute Gasteiger partial charge is 0.0398 e. The SMILES string of the molecule is Cc1ccc([P-]c2ccc(C)cc2)cc1.